The lowest BCUT2D eigenvalue weighted by molar-refractivity contribution is 0.759. The lowest BCUT2D eigenvalue weighted by Crippen LogP contribution is -1.97. The predicted octanol–water partition coefficient (Wildman–Crippen LogP) is 6.14. The van der Waals surface area contributed by atoms with E-state index in [0.29, 0.717) is 0 Å². The van der Waals surface area contributed by atoms with Crippen molar-refractivity contribution in [2.45, 2.75) is 66.2 Å². The molecule has 2 aromatic carbocycles. The van der Waals surface area contributed by atoms with Gasteiger partial charge in [-0.3, -0.25) is 0 Å². The lowest BCUT2D eigenvalue weighted by Gasteiger charge is -2.14. The summed E-state index contributed by atoms with van der Waals surface area (Å²) in [5.41, 5.74) is 5.98. The van der Waals surface area contributed by atoms with Crippen molar-refractivity contribution >= 4 is 10.8 Å². The summed E-state index contributed by atoms with van der Waals surface area (Å²) >= 11 is 0. The third kappa shape index (κ3) is 3.23. The Balaban J connectivity index is 2.52. The van der Waals surface area contributed by atoms with Gasteiger partial charge in [0.05, 0.1) is 0 Å². The molecule has 0 bridgehead atoms. The quantitative estimate of drug-likeness (QED) is 0.590. The number of hydrogen-bond acceptors (Lipinski definition) is 0. The summed E-state index contributed by atoms with van der Waals surface area (Å²) in [6.07, 6.45) is 7.62. The Kier molecular flexibility index (Phi) is 5.23. The molecule has 0 aliphatic heterocycles. The van der Waals surface area contributed by atoms with Gasteiger partial charge >= 0.3 is 0 Å². The standard InChI is InChI=1S/C20H28/c1-5-7-9-17-13-19-15(3)11-12-16(4)20(19)14-18(17)10-8-6-2/h11-14H,5-10H2,1-4H3. The number of benzene rings is 2. The zero-order chi connectivity index (χ0) is 14.5. The Bertz CT molecular complexity index is 526. The van der Waals surface area contributed by atoms with Crippen molar-refractivity contribution in [2.24, 2.45) is 0 Å². The van der Waals surface area contributed by atoms with Crippen LogP contribution < -0.4 is 0 Å². The van der Waals surface area contributed by atoms with Crippen LogP contribution in [0.25, 0.3) is 10.8 Å². The van der Waals surface area contributed by atoms with Gasteiger partial charge in [0.2, 0.25) is 0 Å². The van der Waals surface area contributed by atoms with E-state index in [4.69, 9.17) is 0 Å². The van der Waals surface area contributed by atoms with Crippen molar-refractivity contribution in [3.05, 3.63) is 46.5 Å². The molecule has 0 N–H and O–H groups in total. The van der Waals surface area contributed by atoms with Crippen molar-refractivity contribution in [3.63, 3.8) is 0 Å². The first-order chi connectivity index (χ1) is 9.67. The molecule has 0 spiro atoms. The Morgan fingerprint density at radius 2 is 1.10 bits per heavy atom. The lowest BCUT2D eigenvalue weighted by atomic mass is 9.91. The van der Waals surface area contributed by atoms with Crippen molar-refractivity contribution in [1.29, 1.82) is 0 Å². The van der Waals surface area contributed by atoms with Crippen LogP contribution in [0.5, 0.6) is 0 Å². The molecule has 0 fully saturated rings. The molecule has 0 heteroatoms. The SMILES string of the molecule is CCCCc1cc2c(C)ccc(C)c2cc1CCCC. The van der Waals surface area contributed by atoms with Gasteiger partial charge in [-0.25, -0.2) is 0 Å². The summed E-state index contributed by atoms with van der Waals surface area (Å²) in [6.45, 7) is 9.03. The summed E-state index contributed by atoms with van der Waals surface area (Å²) in [4.78, 5) is 0. The predicted molar refractivity (Wildman–Crippen MR) is 90.6 cm³/mol. The van der Waals surface area contributed by atoms with Crippen LogP contribution in [-0.4, -0.2) is 0 Å². The minimum absolute atomic E-state index is 1.23. The van der Waals surface area contributed by atoms with E-state index in [1.54, 1.807) is 11.1 Å². The molecule has 0 aliphatic rings. The smallest absolute Gasteiger partial charge is 0.0149 e. The van der Waals surface area contributed by atoms with Gasteiger partial charge in [0.1, 0.15) is 0 Å². The minimum Gasteiger partial charge on any atom is -0.0654 e. The average molecular weight is 268 g/mol. The third-order valence-electron chi connectivity index (χ3n) is 4.37. The van der Waals surface area contributed by atoms with Gasteiger partial charge in [-0.2, -0.15) is 0 Å². The maximum atomic E-state index is 2.47. The van der Waals surface area contributed by atoms with E-state index in [0.717, 1.165) is 0 Å². The monoisotopic (exact) mass is 268 g/mol. The van der Waals surface area contributed by atoms with Crippen molar-refractivity contribution in [2.75, 3.05) is 0 Å². The van der Waals surface area contributed by atoms with Crippen LogP contribution in [0, 0.1) is 13.8 Å². The van der Waals surface area contributed by atoms with Crippen molar-refractivity contribution in [1.82, 2.24) is 0 Å². The number of unbranched alkanes of at least 4 members (excludes halogenated alkanes) is 2. The Labute approximate surface area is 124 Å². The summed E-state index contributed by atoms with van der Waals surface area (Å²) in [5.74, 6) is 0. The van der Waals surface area contributed by atoms with Gasteiger partial charge in [-0.05, 0) is 72.6 Å². The van der Waals surface area contributed by atoms with E-state index >= 15 is 0 Å². The highest BCUT2D eigenvalue weighted by Crippen LogP contribution is 2.28. The topological polar surface area (TPSA) is 0 Å². The van der Waals surface area contributed by atoms with E-state index in [1.807, 2.05) is 0 Å². The summed E-state index contributed by atoms with van der Waals surface area (Å²) < 4.78 is 0. The van der Waals surface area contributed by atoms with Crippen LogP contribution in [0.1, 0.15) is 61.8 Å². The molecule has 0 radical (unpaired) electrons. The Morgan fingerprint density at radius 1 is 0.700 bits per heavy atom. The number of hydrogen-bond donors (Lipinski definition) is 0. The first-order valence-corrected chi connectivity index (χ1v) is 8.19. The third-order valence-corrected chi connectivity index (χ3v) is 4.37. The second-order valence-corrected chi connectivity index (χ2v) is 6.07. The fraction of sp³-hybridized carbons (Fsp3) is 0.500. The molecule has 2 aromatic rings. The number of rotatable bonds is 6. The number of aryl methyl sites for hydroxylation is 4. The molecule has 0 atom stereocenters. The van der Waals surface area contributed by atoms with Gasteiger partial charge in [0.25, 0.3) is 0 Å². The second kappa shape index (κ2) is 6.92. The second-order valence-electron chi connectivity index (χ2n) is 6.07. The molecule has 0 saturated carbocycles. The minimum atomic E-state index is 1.23. The summed E-state index contributed by atoms with van der Waals surface area (Å²) in [6, 6.07) is 9.45. The molecule has 108 valence electrons. The fourth-order valence-electron chi connectivity index (χ4n) is 2.97. The fourth-order valence-corrected chi connectivity index (χ4v) is 2.97. The summed E-state index contributed by atoms with van der Waals surface area (Å²) in [7, 11) is 0. The molecule has 0 unspecified atom stereocenters. The van der Waals surface area contributed by atoms with Gasteiger partial charge in [-0.1, -0.05) is 51.0 Å². The van der Waals surface area contributed by atoms with Gasteiger partial charge in [0.15, 0.2) is 0 Å². The highest BCUT2D eigenvalue weighted by molar-refractivity contribution is 5.89. The summed E-state index contributed by atoms with van der Waals surface area (Å²) in [5, 5.41) is 2.91. The van der Waals surface area contributed by atoms with Gasteiger partial charge < -0.3 is 0 Å². The Morgan fingerprint density at radius 3 is 1.45 bits per heavy atom. The van der Waals surface area contributed by atoms with Crippen LogP contribution in [0.2, 0.25) is 0 Å². The zero-order valence-electron chi connectivity index (χ0n) is 13.6. The zero-order valence-corrected chi connectivity index (χ0v) is 13.6. The highest BCUT2D eigenvalue weighted by atomic mass is 14.1. The Hall–Kier alpha value is -1.30. The molecule has 0 heterocycles. The average Bonchev–Trinajstić information content (AvgIpc) is 2.46. The molecule has 2 rings (SSSR count). The van der Waals surface area contributed by atoms with E-state index < -0.39 is 0 Å². The first kappa shape index (κ1) is 15.1. The molecule has 0 aliphatic carbocycles. The molecule has 0 nitrogen and oxygen atoms in total. The number of fused-ring (bicyclic) bond motifs is 1. The maximum Gasteiger partial charge on any atom is -0.0149 e. The molecule has 20 heavy (non-hydrogen) atoms. The molecular formula is C20H28. The van der Waals surface area contributed by atoms with Crippen LogP contribution in [-0.2, 0) is 12.8 Å². The maximum absolute atomic E-state index is 2.47. The van der Waals surface area contributed by atoms with Crippen LogP contribution >= 0.6 is 0 Å². The van der Waals surface area contributed by atoms with E-state index in [1.165, 1.54) is 60.4 Å². The van der Waals surface area contributed by atoms with E-state index in [9.17, 15) is 0 Å². The van der Waals surface area contributed by atoms with Crippen LogP contribution in [0.15, 0.2) is 24.3 Å². The first-order valence-electron chi connectivity index (χ1n) is 8.19. The van der Waals surface area contributed by atoms with Gasteiger partial charge in [-0.15, -0.1) is 0 Å². The largest absolute Gasteiger partial charge is 0.0654 e. The van der Waals surface area contributed by atoms with E-state index in [-0.39, 0.29) is 0 Å². The highest BCUT2D eigenvalue weighted by Gasteiger charge is 2.08. The van der Waals surface area contributed by atoms with Gasteiger partial charge in [0, 0.05) is 0 Å². The molecule has 0 aromatic heterocycles. The normalized spacial score (nSPS) is 11.2. The molecular weight excluding hydrogens is 240 g/mol. The van der Waals surface area contributed by atoms with Crippen molar-refractivity contribution in [3.8, 4) is 0 Å². The van der Waals surface area contributed by atoms with E-state index in [2.05, 4.69) is 52.0 Å². The molecule has 0 amide bonds. The van der Waals surface area contributed by atoms with Crippen molar-refractivity contribution < 1.29 is 0 Å². The molecule has 0 saturated heterocycles. The van der Waals surface area contributed by atoms with Crippen LogP contribution in [0.4, 0.5) is 0 Å². The van der Waals surface area contributed by atoms with Crippen LogP contribution in [0.3, 0.4) is 0 Å².